The highest BCUT2D eigenvalue weighted by molar-refractivity contribution is 6.04. The van der Waals surface area contributed by atoms with Gasteiger partial charge in [0.05, 0.1) is 5.54 Å². The van der Waals surface area contributed by atoms with E-state index in [1.165, 1.54) is 16.3 Å². The van der Waals surface area contributed by atoms with Gasteiger partial charge in [-0.2, -0.15) is 0 Å². The van der Waals surface area contributed by atoms with E-state index in [4.69, 9.17) is 0 Å². The van der Waals surface area contributed by atoms with E-state index >= 15 is 0 Å². The summed E-state index contributed by atoms with van der Waals surface area (Å²) in [5.74, 6) is -0.0522. The second-order valence-corrected chi connectivity index (χ2v) is 5.98. The highest BCUT2D eigenvalue weighted by Gasteiger charge is 2.34. The Labute approximate surface area is 125 Å². The molecule has 1 fully saturated rings. The lowest BCUT2D eigenvalue weighted by Crippen LogP contribution is -2.38. The third-order valence-corrected chi connectivity index (χ3v) is 4.13. The first-order valence-electron chi connectivity index (χ1n) is 7.33. The van der Waals surface area contributed by atoms with Gasteiger partial charge in [-0.25, -0.2) is 5.43 Å². The first kappa shape index (κ1) is 13.8. The molecule has 21 heavy (non-hydrogen) atoms. The van der Waals surface area contributed by atoms with Gasteiger partial charge in [0.15, 0.2) is 0 Å². The van der Waals surface area contributed by atoms with Gasteiger partial charge in [-0.05, 0) is 48.2 Å². The molecule has 1 saturated heterocycles. The number of fused-ring (bicyclic) bond motifs is 1. The van der Waals surface area contributed by atoms with Crippen molar-refractivity contribution in [1.82, 2.24) is 10.9 Å². The summed E-state index contributed by atoms with van der Waals surface area (Å²) < 4.78 is 0. The van der Waals surface area contributed by atoms with Gasteiger partial charge in [-0.15, -0.1) is 0 Å². The molecule has 1 amide bonds. The summed E-state index contributed by atoms with van der Waals surface area (Å²) >= 11 is 0. The summed E-state index contributed by atoms with van der Waals surface area (Å²) in [7, 11) is 0. The van der Waals surface area contributed by atoms with Crippen molar-refractivity contribution in [2.24, 2.45) is 0 Å². The summed E-state index contributed by atoms with van der Waals surface area (Å²) in [4.78, 5) is 12.0. The zero-order chi connectivity index (χ0) is 15.0. The molecule has 1 aliphatic heterocycles. The fourth-order valence-electron chi connectivity index (χ4n) is 2.87. The van der Waals surface area contributed by atoms with E-state index in [0.717, 1.165) is 17.6 Å². The van der Waals surface area contributed by atoms with Crippen molar-refractivity contribution in [3.8, 4) is 0 Å². The third kappa shape index (κ3) is 2.34. The first-order chi connectivity index (χ1) is 10.0. The van der Waals surface area contributed by atoms with Crippen molar-refractivity contribution < 1.29 is 4.79 Å². The number of carbonyl (C=O) groups is 1. The number of amides is 1. The van der Waals surface area contributed by atoms with E-state index in [-0.39, 0.29) is 11.4 Å². The zero-order valence-corrected chi connectivity index (χ0v) is 12.7. The molecular formula is C18H20N2O. The van der Waals surface area contributed by atoms with Crippen LogP contribution in [0.3, 0.4) is 0 Å². The molecule has 2 aromatic carbocycles. The molecule has 108 valence electrons. The fourth-order valence-corrected chi connectivity index (χ4v) is 2.87. The van der Waals surface area contributed by atoms with Crippen LogP contribution in [0.4, 0.5) is 0 Å². The van der Waals surface area contributed by atoms with Gasteiger partial charge in [0, 0.05) is 5.57 Å². The van der Waals surface area contributed by atoms with Crippen LogP contribution in [0, 0.1) is 0 Å². The Balaban J connectivity index is 2.20. The van der Waals surface area contributed by atoms with E-state index < -0.39 is 0 Å². The van der Waals surface area contributed by atoms with E-state index in [1.807, 2.05) is 19.9 Å². The Hall–Kier alpha value is -2.13. The normalized spacial score (nSPS) is 19.2. The largest absolute Gasteiger partial charge is 0.287 e. The van der Waals surface area contributed by atoms with Crippen molar-refractivity contribution in [2.45, 2.75) is 32.7 Å². The van der Waals surface area contributed by atoms with Crippen molar-refractivity contribution in [3.63, 3.8) is 0 Å². The third-order valence-electron chi connectivity index (χ3n) is 4.13. The van der Waals surface area contributed by atoms with Crippen LogP contribution in [-0.4, -0.2) is 11.4 Å². The molecule has 3 nitrogen and oxygen atoms in total. The van der Waals surface area contributed by atoms with Gasteiger partial charge in [-0.1, -0.05) is 43.3 Å². The lowest BCUT2D eigenvalue weighted by Gasteiger charge is -2.17. The van der Waals surface area contributed by atoms with E-state index in [9.17, 15) is 4.79 Å². The SMILES string of the molecule is CCc1cccc2c(/C=C3\C(=O)NNC3(C)C)cccc12. The standard InChI is InChI=1S/C18H20N2O/c1-4-12-7-5-10-15-13(8-6-9-14(12)15)11-16-17(21)19-20-18(16,2)3/h5-11,20H,4H2,1-3H3,(H,19,21)/b16-11+. The Morgan fingerprint density at radius 1 is 1.10 bits per heavy atom. The van der Waals surface area contributed by atoms with E-state index in [1.54, 1.807) is 0 Å². The van der Waals surface area contributed by atoms with Gasteiger partial charge in [0.1, 0.15) is 0 Å². The molecule has 2 aromatic rings. The monoisotopic (exact) mass is 280 g/mol. The molecule has 0 saturated carbocycles. The minimum atomic E-state index is -0.360. The average molecular weight is 280 g/mol. The number of hydrazine groups is 1. The lowest BCUT2D eigenvalue weighted by atomic mass is 9.92. The van der Waals surface area contributed by atoms with Crippen LogP contribution in [0.5, 0.6) is 0 Å². The summed E-state index contributed by atoms with van der Waals surface area (Å²) in [6, 6.07) is 12.6. The number of carbonyl (C=O) groups excluding carboxylic acids is 1. The Morgan fingerprint density at radius 3 is 2.48 bits per heavy atom. The fraction of sp³-hybridized carbons (Fsp3) is 0.278. The van der Waals surface area contributed by atoms with Gasteiger partial charge < -0.3 is 0 Å². The van der Waals surface area contributed by atoms with Gasteiger partial charge in [0.25, 0.3) is 5.91 Å². The Morgan fingerprint density at radius 2 is 1.81 bits per heavy atom. The molecule has 0 spiro atoms. The number of rotatable bonds is 2. The van der Waals surface area contributed by atoms with Crippen LogP contribution in [-0.2, 0) is 11.2 Å². The summed E-state index contributed by atoms with van der Waals surface area (Å²) in [5.41, 5.74) is 8.54. The minimum absolute atomic E-state index is 0.0522. The highest BCUT2D eigenvalue weighted by Crippen LogP contribution is 2.28. The van der Waals surface area contributed by atoms with Crippen LogP contribution in [0.2, 0.25) is 0 Å². The van der Waals surface area contributed by atoms with Crippen LogP contribution in [0.1, 0.15) is 31.9 Å². The Bertz CT molecular complexity index is 744. The number of hydrogen-bond acceptors (Lipinski definition) is 2. The predicted octanol–water partition coefficient (Wildman–Crippen LogP) is 3.20. The second kappa shape index (κ2) is 5.01. The van der Waals surface area contributed by atoms with Crippen LogP contribution in [0.25, 0.3) is 16.8 Å². The first-order valence-corrected chi connectivity index (χ1v) is 7.33. The van der Waals surface area contributed by atoms with E-state index in [0.29, 0.717) is 0 Å². The smallest absolute Gasteiger partial charge is 0.263 e. The number of aryl methyl sites for hydroxylation is 1. The molecule has 1 heterocycles. The number of benzene rings is 2. The van der Waals surface area contributed by atoms with Gasteiger partial charge >= 0.3 is 0 Å². The van der Waals surface area contributed by atoms with Crippen molar-refractivity contribution >= 4 is 22.8 Å². The minimum Gasteiger partial charge on any atom is -0.287 e. The van der Waals surface area contributed by atoms with Crippen molar-refractivity contribution in [2.75, 3.05) is 0 Å². The molecule has 3 heteroatoms. The molecular weight excluding hydrogens is 260 g/mol. The molecule has 0 aliphatic carbocycles. The molecule has 0 aromatic heterocycles. The summed E-state index contributed by atoms with van der Waals surface area (Å²) in [5, 5.41) is 2.46. The topological polar surface area (TPSA) is 41.1 Å². The Kier molecular flexibility index (Phi) is 3.30. The molecule has 2 N–H and O–H groups in total. The quantitative estimate of drug-likeness (QED) is 0.829. The zero-order valence-electron chi connectivity index (χ0n) is 12.7. The van der Waals surface area contributed by atoms with Gasteiger partial charge in [-0.3, -0.25) is 10.2 Å². The lowest BCUT2D eigenvalue weighted by molar-refractivity contribution is -0.116. The maximum atomic E-state index is 12.0. The summed E-state index contributed by atoms with van der Waals surface area (Å²) in [6.07, 6.45) is 3.00. The molecule has 0 bridgehead atoms. The summed E-state index contributed by atoms with van der Waals surface area (Å²) in [6.45, 7) is 6.16. The van der Waals surface area contributed by atoms with Crippen LogP contribution in [0.15, 0.2) is 42.0 Å². The van der Waals surface area contributed by atoms with E-state index in [2.05, 4.69) is 54.2 Å². The van der Waals surface area contributed by atoms with Crippen molar-refractivity contribution in [1.29, 1.82) is 0 Å². The number of hydrogen-bond donors (Lipinski definition) is 2. The average Bonchev–Trinajstić information content (AvgIpc) is 2.74. The maximum Gasteiger partial charge on any atom is 0.263 e. The molecule has 3 rings (SSSR count). The second-order valence-electron chi connectivity index (χ2n) is 5.98. The number of nitrogens with one attached hydrogen (secondary N) is 2. The van der Waals surface area contributed by atoms with Crippen molar-refractivity contribution in [3.05, 3.63) is 53.1 Å². The molecule has 0 atom stereocenters. The van der Waals surface area contributed by atoms with Crippen LogP contribution >= 0.6 is 0 Å². The maximum absolute atomic E-state index is 12.0. The molecule has 1 aliphatic rings. The highest BCUT2D eigenvalue weighted by atomic mass is 16.2. The predicted molar refractivity (Wildman–Crippen MR) is 86.7 cm³/mol. The van der Waals surface area contributed by atoms with Gasteiger partial charge in [0.2, 0.25) is 0 Å². The van der Waals surface area contributed by atoms with Crippen LogP contribution < -0.4 is 10.9 Å². The molecule has 0 unspecified atom stereocenters. The molecule has 0 radical (unpaired) electrons.